The standard InChI is InChI=1S/C34H45NO15S2/c1-40-24-11-20(12-25(41-2)28(24)44-5)33(19-51-9-10-52-33)17-49-32(39)50-22-15-23(30(36)37)35(16-22)31(38)48-18-34(46-7,47-8)21-13-26(42-3)29(45-6)27(14-21)43-4/h11-14,22-23H,9-10,15-19H2,1-8H3,(H,36,37)/t22-,23+,33?/m1/s1. The molecule has 18 heteroatoms. The molecule has 288 valence electrons. The first-order chi connectivity index (χ1) is 25.0. The van der Waals surface area contributed by atoms with Crippen LogP contribution < -0.4 is 28.4 Å². The second kappa shape index (κ2) is 18.1. The van der Waals surface area contributed by atoms with E-state index >= 15 is 0 Å². The number of rotatable bonds is 16. The van der Waals surface area contributed by atoms with E-state index in [2.05, 4.69) is 0 Å². The van der Waals surface area contributed by atoms with Crippen molar-refractivity contribution in [3.8, 4) is 34.5 Å². The van der Waals surface area contributed by atoms with Crippen LogP contribution in [0.2, 0.25) is 0 Å². The van der Waals surface area contributed by atoms with Gasteiger partial charge in [0.1, 0.15) is 18.8 Å². The molecule has 2 fully saturated rings. The van der Waals surface area contributed by atoms with Crippen LogP contribution in [0.15, 0.2) is 24.3 Å². The van der Waals surface area contributed by atoms with Crippen LogP contribution in [-0.4, -0.2) is 134 Å². The van der Waals surface area contributed by atoms with Crippen molar-refractivity contribution in [3.05, 3.63) is 35.4 Å². The molecular formula is C34H45NO15S2. The molecule has 1 unspecified atom stereocenters. The Hall–Kier alpha value is -4.13. The third kappa shape index (κ3) is 8.56. The van der Waals surface area contributed by atoms with E-state index in [4.69, 9.17) is 52.1 Å². The lowest BCUT2D eigenvalue weighted by atomic mass is 9.99. The SMILES string of the molecule is COc1cc(C(COC(=O)N2C[C@H](OC(=O)OCC3(c4cc(OC)c(OC)c(OC)c4)CSCCS3)C[C@H]2C(=O)O)(OC)OC)cc(OC)c1OC. The van der Waals surface area contributed by atoms with Crippen molar-refractivity contribution in [2.45, 2.75) is 29.1 Å². The van der Waals surface area contributed by atoms with E-state index in [9.17, 15) is 19.5 Å². The van der Waals surface area contributed by atoms with E-state index in [0.717, 1.165) is 22.0 Å². The highest BCUT2D eigenvalue weighted by Crippen LogP contribution is 2.49. The first-order valence-corrected chi connectivity index (χ1v) is 18.1. The van der Waals surface area contributed by atoms with Gasteiger partial charge in [0.05, 0.1) is 54.0 Å². The van der Waals surface area contributed by atoms with Gasteiger partial charge < -0.3 is 57.2 Å². The third-order valence-corrected chi connectivity index (χ3v) is 11.8. The van der Waals surface area contributed by atoms with Gasteiger partial charge in [-0.2, -0.15) is 11.8 Å². The summed E-state index contributed by atoms with van der Waals surface area (Å²) in [5, 5.41) is 9.96. The fourth-order valence-electron chi connectivity index (χ4n) is 5.98. The number of carbonyl (C=O) groups is 3. The second-order valence-electron chi connectivity index (χ2n) is 11.5. The monoisotopic (exact) mass is 771 g/mol. The molecule has 0 aromatic heterocycles. The van der Waals surface area contributed by atoms with Gasteiger partial charge >= 0.3 is 18.2 Å². The number of carboxylic acid groups (broad SMARTS) is 1. The molecule has 0 saturated carbocycles. The highest BCUT2D eigenvalue weighted by Gasteiger charge is 2.45. The Kier molecular flexibility index (Phi) is 14.1. The fourth-order valence-corrected chi connectivity index (χ4v) is 8.91. The molecule has 2 aliphatic heterocycles. The first-order valence-electron chi connectivity index (χ1n) is 15.9. The van der Waals surface area contributed by atoms with Gasteiger partial charge in [0.15, 0.2) is 29.6 Å². The molecule has 16 nitrogen and oxygen atoms in total. The van der Waals surface area contributed by atoms with E-state index in [1.54, 1.807) is 35.7 Å². The Morgan fingerprint density at radius 1 is 0.808 bits per heavy atom. The largest absolute Gasteiger partial charge is 0.508 e. The molecule has 2 aromatic rings. The number of thioether (sulfide) groups is 2. The van der Waals surface area contributed by atoms with E-state index in [1.807, 2.05) is 12.1 Å². The molecule has 2 aromatic carbocycles. The zero-order valence-corrected chi connectivity index (χ0v) is 32.0. The van der Waals surface area contributed by atoms with Crippen molar-refractivity contribution < 1.29 is 71.6 Å². The topological polar surface area (TPSA) is 176 Å². The number of methoxy groups -OCH3 is 8. The Morgan fingerprint density at radius 2 is 1.37 bits per heavy atom. The van der Waals surface area contributed by atoms with Crippen LogP contribution in [0.3, 0.4) is 0 Å². The number of ether oxygens (including phenoxy) is 11. The molecule has 2 saturated heterocycles. The number of likely N-dealkylation sites (tertiary alicyclic amines) is 1. The fraction of sp³-hybridized carbons (Fsp3) is 0.559. The van der Waals surface area contributed by atoms with Gasteiger partial charge in [-0.1, -0.05) is 0 Å². The first kappa shape index (κ1) is 40.6. The van der Waals surface area contributed by atoms with E-state index in [-0.39, 0.29) is 19.6 Å². The molecular weight excluding hydrogens is 727 g/mol. The summed E-state index contributed by atoms with van der Waals surface area (Å²) < 4.78 is 60.3. The quantitative estimate of drug-likeness (QED) is 0.188. The molecule has 1 N–H and O–H groups in total. The van der Waals surface area contributed by atoms with Crippen LogP contribution in [0.1, 0.15) is 17.5 Å². The van der Waals surface area contributed by atoms with Gasteiger partial charge in [-0.15, -0.1) is 11.8 Å². The summed E-state index contributed by atoms with van der Waals surface area (Å²) in [5.74, 6) is 1.67. The van der Waals surface area contributed by atoms with Crippen LogP contribution in [0.25, 0.3) is 0 Å². The molecule has 4 rings (SSSR count). The van der Waals surface area contributed by atoms with Crippen molar-refractivity contribution in [3.63, 3.8) is 0 Å². The minimum atomic E-state index is -1.65. The minimum Gasteiger partial charge on any atom is -0.493 e. The Morgan fingerprint density at radius 3 is 1.83 bits per heavy atom. The summed E-state index contributed by atoms with van der Waals surface area (Å²) in [6.07, 6.45) is -3.17. The zero-order chi connectivity index (χ0) is 38.1. The summed E-state index contributed by atoms with van der Waals surface area (Å²) in [6, 6.07) is 5.46. The van der Waals surface area contributed by atoms with Gasteiger partial charge in [-0.05, 0) is 29.8 Å². The number of carboxylic acids is 1. The van der Waals surface area contributed by atoms with Gasteiger partial charge in [0.25, 0.3) is 0 Å². The van der Waals surface area contributed by atoms with Crippen LogP contribution in [0.4, 0.5) is 9.59 Å². The maximum Gasteiger partial charge on any atom is 0.508 e. The van der Waals surface area contributed by atoms with Crippen LogP contribution in [0, 0.1) is 0 Å². The summed E-state index contributed by atoms with van der Waals surface area (Å²) in [6.45, 7) is -0.808. The number of carbonyl (C=O) groups excluding carboxylic acids is 2. The number of benzene rings is 2. The van der Waals surface area contributed by atoms with Crippen molar-refractivity contribution in [2.75, 3.05) is 93.9 Å². The summed E-state index contributed by atoms with van der Waals surface area (Å²) in [5.41, 5.74) is 1.17. The number of nitrogens with zero attached hydrogens (tertiary/aromatic N) is 1. The van der Waals surface area contributed by atoms with Crippen molar-refractivity contribution in [2.24, 2.45) is 0 Å². The molecule has 2 aliphatic rings. The predicted octanol–water partition coefficient (Wildman–Crippen LogP) is 4.38. The lowest BCUT2D eigenvalue weighted by molar-refractivity contribution is -0.236. The van der Waals surface area contributed by atoms with Crippen molar-refractivity contribution >= 4 is 41.7 Å². The average Bonchev–Trinajstić information content (AvgIpc) is 3.60. The maximum absolute atomic E-state index is 13.4. The van der Waals surface area contributed by atoms with Gasteiger partial charge in [-0.25, -0.2) is 14.4 Å². The Balaban J connectivity index is 1.46. The smallest absolute Gasteiger partial charge is 0.493 e. The highest BCUT2D eigenvalue weighted by molar-refractivity contribution is 8.06. The van der Waals surface area contributed by atoms with Crippen LogP contribution >= 0.6 is 23.5 Å². The van der Waals surface area contributed by atoms with Gasteiger partial charge in [0, 0.05) is 43.5 Å². The lowest BCUT2D eigenvalue weighted by Crippen LogP contribution is -2.44. The summed E-state index contributed by atoms with van der Waals surface area (Å²) in [4.78, 5) is 39.7. The average molecular weight is 772 g/mol. The van der Waals surface area contributed by atoms with Crippen molar-refractivity contribution in [1.29, 1.82) is 0 Å². The molecule has 3 atom stereocenters. The second-order valence-corrected chi connectivity index (χ2v) is 14.0. The third-order valence-electron chi connectivity index (χ3n) is 8.75. The van der Waals surface area contributed by atoms with Gasteiger partial charge in [-0.3, -0.25) is 4.90 Å². The Labute approximate surface area is 310 Å². The number of aliphatic carboxylic acids is 1. The van der Waals surface area contributed by atoms with Crippen LogP contribution in [-0.2, 0) is 39.0 Å². The number of amides is 1. The van der Waals surface area contributed by atoms with Crippen molar-refractivity contribution in [1.82, 2.24) is 4.90 Å². The molecule has 1 amide bonds. The van der Waals surface area contributed by atoms with E-state index in [0.29, 0.717) is 45.8 Å². The predicted molar refractivity (Wildman–Crippen MR) is 190 cm³/mol. The molecule has 2 heterocycles. The summed E-state index contributed by atoms with van der Waals surface area (Å²) in [7, 11) is 11.6. The normalized spacial score (nSPS) is 20.0. The maximum atomic E-state index is 13.4. The lowest BCUT2D eigenvalue weighted by Gasteiger charge is -2.36. The highest BCUT2D eigenvalue weighted by atomic mass is 32.2. The number of hydrogen-bond donors (Lipinski definition) is 1. The molecule has 0 bridgehead atoms. The number of hydrogen-bond acceptors (Lipinski definition) is 16. The molecule has 0 radical (unpaired) electrons. The molecule has 0 aliphatic carbocycles. The van der Waals surface area contributed by atoms with Gasteiger partial charge in [0.2, 0.25) is 17.3 Å². The van der Waals surface area contributed by atoms with E-state index in [1.165, 1.54) is 56.9 Å². The minimum absolute atomic E-state index is 0.0555. The molecule has 52 heavy (non-hydrogen) atoms. The van der Waals surface area contributed by atoms with Crippen LogP contribution in [0.5, 0.6) is 34.5 Å². The summed E-state index contributed by atoms with van der Waals surface area (Å²) >= 11 is 3.34. The molecule has 0 spiro atoms. The zero-order valence-electron chi connectivity index (χ0n) is 30.3. The van der Waals surface area contributed by atoms with E-state index < -0.39 is 47.5 Å². The Bertz CT molecular complexity index is 1510.